The highest BCUT2D eigenvalue weighted by molar-refractivity contribution is 5.74. The largest absolute Gasteiger partial charge is 0.573 e. The number of alkyl halides is 3. The number of halogens is 3. The molecule has 3 N–H and O–H groups in total. The van der Waals surface area contributed by atoms with Gasteiger partial charge in [-0.1, -0.05) is 18.2 Å². The van der Waals surface area contributed by atoms with E-state index in [-0.39, 0.29) is 37.2 Å². The molecule has 122 valence electrons. The zero-order chi connectivity index (χ0) is 16.6. The molecule has 0 heterocycles. The van der Waals surface area contributed by atoms with Crippen LogP contribution in [0.25, 0.3) is 0 Å². The standard InChI is InChI=1S/C13H15F3N2O4/c14-13(15,16)22-10-5-2-1-4-9(10)8-18-12(21)17-7-3-6-11(19)20/h1-2,4-5H,3,6-8H2,(H,19,20)(H2,17,18,21). The average Bonchev–Trinajstić information content (AvgIpc) is 2.41. The number of benzene rings is 1. The van der Waals surface area contributed by atoms with Crippen molar-refractivity contribution in [3.8, 4) is 5.75 Å². The fourth-order valence-electron chi connectivity index (χ4n) is 1.55. The Bertz CT molecular complexity index is 520. The lowest BCUT2D eigenvalue weighted by Gasteiger charge is -2.13. The van der Waals surface area contributed by atoms with Gasteiger partial charge in [0.1, 0.15) is 5.75 Å². The number of carbonyl (C=O) groups excluding carboxylic acids is 1. The lowest BCUT2D eigenvalue weighted by Crippen LogP contribution is -2.35. The summed E-state index contributed by atoms with van der Waals surface area (Å²) in [7, 11) is 0. The molecule has 1 rings (SSSR count). The van der Waals surface area contributed by atoms with E-state index in [1.165, 1.54) is 18.2 Å². The van der Waals surface area contributed by atoms with Crippen molar-refractivity contribution in [1.29, 1.82) is 0 Å². The minimum absolute atomic E-state index is 0.0808. The lowest BCUT2D eigenvalue weighted by molar-refractivity contribution is -0.274. The molecule has 0 saturated carbocycles. The average molecular weight is 320 g/mol. The summed E-state index contributed by atoms with van der Waals surface area (Å²) < 4.78 is 40.5. The van der Waals surface area contributed by atoms with Crippen LogP contribution in [0.1, 0.15) is 18.4 Å². The van der Waals surface area contributed by atoms with Gasteiger partial charge in [0.15, 0.2) is 0 Å². The number of carbonyl (C=O) groups is 2. The first-order chi connectivity index (χ1) is 10.3. The Labute approximate surface area is 124 Å². The quantitative estimate of drug-likeness (QED) is 0.672. The van der Waals surface area contributed by atoms with Crippen molar-refractivity contribution in [1.82, 2.24) is 10.6 Å². The number of ether oxygens (including phenoxy) is 1. The molecule has 9 heteroatoms. The first-order valence-corrected chi connectivity index (χ1v) is 6.35. The van der Waals surface area contributed by atoms with Gasteiger partial charge in [-0.15, -0.1) is 13.2 Å². The molecule has 0 bridgehead atoms. The van der Waals surface area contributed by atoms with Crippen molar-refractivity contribution in [3.05, 3.63) is 29.8 Å². The van der Waals surface area contributed by atoms with Crippen molar-refractivity contribution >= 4 is 12.0 Å². The van der Waals surface area contributed by atoms with Crippen molar-refractivity contribution in [2.75, 3.05) is 6.54 Å². The van der Waals surface area contributed by atoms with Gasteiger partial charge in [0.2, 0.25) is 0 Å². The SMILES string of the molecule is O=C(O)CCCNC(=O)NCc1ccccc1OC(F)(F)F. The van der Waals surface area contributed by atoms with Crippen LogP contribution < -0.4 is 15.4 Å². The number of hydrogen-bond acceptors (Lipinski definition) is 3. The van der Waals surface area contributed by atoms with Gasteiger partial charge in [-0.05, 0) is 12.5 Å². The molecule has 0 fully saturated rings. The summed E-state index contributed by atoms with van der Waals surface area (Å²) in [6, 6.07) is 4.84. The molecule has 6 nitrogen and oxygen atoms in total. The molecule has 0 aliphatic rings. The molecule has 1 aromatic rings. The van der Waals surface area contributed by atoms with Gasteiger partial charge in [-0.3, -0.25) is 4.79 Å². The van der Waals surface area contributed by atoms with Crippen LogP contribution in [0.2, 0.25) is 0 Å². The highest BCUT2D eigenvalue weighted by Gasteiger charge is 2.31. The lowest BCUT2D eigenvalue weighted by atomic mass is 10.2. The van der Waals surface area contributed by atoms with Crippen LogP contribution in [-0.4, -0.2) is 30.0 Å². The smallest absolute Gasteiger partial charge is 0.481 e. The Morgan fingerprint density at radius 3 is 2.50 bits per heavy atom. The highest BCUT2D eigenvalue weighted by Crippen LogP contribution is 2.25. The molecular formula is C13H15F3N2O4. The topological polar surface area (TPSA) is 87.7 Å². The normalized spacial score (nSPS) is 10.9. The molecule has 0 saturated heterocycles. The molecular weight excluding hydrogens is 305 g/mol. The molecule has 0 radical (unpaired) electrons. The van der Waals surface area contributed by atoms with Crippen molar-refractivity contribution in [3.63, 3.8) is 0 Å². The number of hydrogen-bond donors (Lipinski definition) is 3. The maximum atomic E-state index is 12.2. The number of urea groups is 1. The van der Waals surface area contributed by atoms with E-state index in [1.807, 2.05) is 0 Å². The van der Waals surface area contributed by atoms with Crippen molar-refractivity contribution in [2.45, 2.75) is 25.7 Å². The van der Waals surface area contributed by atoms with Crippen LogP contribution in [0.5, 0.6) is 5.75 Å². The highest BCUT2D eigenvalue weighted by atomic mass is 19.4. The van der Waals surface area contributed by atoms with Crippen molar-refractivity contribution < 1.29 is 32.6 Å². The van der Waals surface area contributed by atoms with Gasteiger partial charge in [-0.2, -0.15) is 0 Å². The number of nitrogens with one attached hydrogen (secondary N) is 2. The van der Waals surface area contributed by atoms with E-state index >= 15 is 0 Å². The maximum absolute atomic E-state index is 12.2. The second-order valence-corrected chi connectivity index (χ2v) is 4.26. The predicted molar refractivity (Wildman–Crippen MR) is 70.2 cm³/mol. The number of aliphatic carboxylic acids is 1. The van der Waals surface area contributed by atoms with Crippen LogP contribution in [-0.2, 0) is 11.3 Å². The third-order valence-corrected chi connectivity index (χ3v) is 2.49. The van der Waals surface area contributed by atoms with E-state index < -0.39 is 18.4 Å². The Balaban J connectivity index is 2.44. The summed E-state index contributed by atoms with van der Waals surface area (Å²) in [5.41, 5.74) is 0.167. The van der Waals surface area contributed by atoms with Crippen molar-refractivity contribution in [2.24, 2.45) is 0 Å². The summed E-state index contributed by atoms with van der Waals surface area (Å²) >= 11 is 0. The maximum Gasteiger partial charge on any atom is 0.573 e. The van der Waals surface area contributed by atoms with Gasteiger partial charge < -0.3 is 20.5 Å². The Hall–Kier alpha value is -2.45. The minimum Gasteiger partial charge on any atom is -0.481 e. The van der Waals surface area contributed by atoms with Crippen LogP contribution in [0.4, 0.5) is 18.0 Å². The minimum atomic E-state index is -4.81. The molecule has 0 spiro atoms. The number of rotatable bonds is 7. The molecule has 0 aromatic heterocycles. The van der Waals surface area contributed by atoms with Gasteiger partial charge in [0.05, 0.1) is 0 Å². The van der Waals surface area contributed by atoms with E-state index in [2.05, 4.69) is 15.4 Å². The van der Waals surface area contributed by atoms with E-state index in [0.29, 0.717) is 0 Å². The van der Waals surface area contributed by atoms with E-state index in [9.17, 15) is 22.8 Å². The monoisotopic (exact) mass is 320 g/mol. The van der Waals surface area contributed by atoms with Gasteiger partial charge in [0, 0.05) is 25.1 Å². The summed E-state index contributed by atoms with van der Waals surface area (Å²) in [6.45, 7) is -0.00412. The fraction of sp³-hybridized carbons (Fsp3) is 0.385. The number of amides is 2. The zero-order valence-corrected chi connectivity index (χ0v) is 11.4. The van der Waals surface area contributed by atoms with Crippen LogP contribution >= 0.6 is 0 Å². The van der Waals surface area contributed by atoms with Gasteiger partial charge >= 0.3 is 18.4 Å². The van der Waals surface area contributed by atoms with Gasteiger partial charge in [0.25, 0.3) is 0 Å². The number of para-hydroxylation sites is 1. The third-order valence-electron chi connectivity index (χ3n) is 2.49. The second kappa shape index (κ2) is 8.11. The first-order valence-electron chi connectivity index (χ1n) is 6.35. The Morgan fingerprint density at radius 1 is 1.18 bits per heavy atom. The molecule has 0 aliphatic heterocycles. The number of carboxylic acid groups (broad SMARTS) is 1. The summed E-state index contributed by atoms with van der Waals surface area (Å²) in [6.07, 6.45) is -4.63. The van der Waals surface area contributed by atoms with Crippen LogP contribution in [0, 0.1) is 0 Å². The van der Waals surface area contributed by atoms with Crippen LogP contribution in [0.15, 0.2) is 24.3 Å². The third kappa shape index (κ3) is 7.36. The summed E-state index contributed by atoms with van der Waals surface area (Å²) in [5.74, 6) is -1.36. The molecule has 2 amide bonds. The van der Waals surface area contributed by atoms with Crippen LogP contribution in [0.3, 0.4) is 0 Å². The molecule has 0 unspecified atom stereocenters. The Kier molecular flexibility index (Phi) is 6.48. The van der Waals surface area contributed by atoms with E-state index in [0.717, 1.165) is 6.07 Å². The second-order valence-electron chi connectivity index (χ2n) is 4.26. The van der Waals surface area contributed by atoms with Gasteiger partial charge in [-0.25, -0.2) is 4.79 Å². The zero-order valence-electron chi connectivity index (χ0n) is 11.4. The number of carboxylic acids is 1. The van der Waals surface area contributed by atoms with E-state index in [4.69, 9.17) is 5.11 Å². The van der Waals surface area contributed by atoms with E-state index in [1.54, 1.807) is 0 Å². The molecule has 22 heavy (non-hydrogen) atoms. The fourth-order valence-corrected chi connectivity index (χ4v) is 1.55. The summed E-state index contributed by atoms with van der Waals surface area (Å²) in [4.78, 5) is 21.7. The first kappa shape index (κ1) is 17.6. The predicted octanol–water partition coefficient (Wildman–Crippen LogP) is 2.25. The molecule has 0 atom stereocenters. The molecule has 0 aliphatic carbocycles. The Morgan fingerprint density at radius 2 is 1.86 bits per heavy atom. The summed E-state index contributed by atoms with van der Waals surface area (Å²) in [5, 5.41) is 13.2. The molecule has 1 aromatic carbocycles.